The Kier molecular flexibility index (Phi) is 5.79. The van der Waals surface area contributed by atoms with Crippen LogP contribution in [0.5, 0.6) is 0 Å². The number of nitrogens with one attached hydrogen (secondary N) is 1. The van der Waals surface area contributed by atoms with E-state index in [0.29, 0.717) is 13.0 Å². The number of hydrogen-bond donors (Lipinski definition) is 3. The molecule has 1 aliphatic rings. The van der Waals surface area contributed by atoms with Gasteiger partial charge in [-0.3, -0.25) is 4.79 Å². The first kappa shape index (κ1) is 17.9. The molecule has 0 aliphatic carbocycles. The topological polar surface area (TPSA) is 84.6 Å². The van der Waals surface area contributed by atoms with Gasteiger partial charge in [-0.05, 0) is 29.4 Å². The number of aliphatic hydroxyl groups excluding tert-OH is 1. The summed E-state index contributed by atoms with van der Waals surface area (Å²) in [6.45, 7) is 7.06. The molecule has 1 unspecified atom stereocenters. The maximum atomic E-state index is 12.0. The van der Waals surface area contributed by atoms with Gasteiger partial charge in [-0.1, -0.05) is 45.0 Å². The van der Waals surface area contributed by atoms with Crippen LogP contribution in [0, 0.1) is 0 Å². The zero-order valence-corrected chi connectivity index (χ0v) is 14.2. The number of hydrogen-bond acceptors (Lipinski definition) is 4. The molecule has 1 aromatic carbocycles. The maximum absolute atomic E-state index is 12.0. The first-order chi connectivity index (χ1) is 10.8. The van der Waals surface area contributed by atoms with Crippen LogP contribution in [0.1, 0.15) is 50.8 Å². The van der Waals surface area contributed by atoms with Crippen molar-refractivity contribution in [1.29, 1.82) is 0 Å². The Morgan fingerprint density at radius 3 is 2.52 bits per heavy atom. The third-order valence-electron chi connectivity index (χ3n) is 4.29. The normalized spacial score (nSPS) is 22.8. The van der Waals surface area contributed by atoms with Gasteiger partial charge in [-0.25, -0.2) is 0 Å². The van der Waals surface area contributed by atoms with Gasteiger partial charge in [-0.15, -0.1) is 0 Å². The van der Waals surface area contributed by atoms with Gasteiger partial charge in [0.25, 0.3) is 0 Å². The summed E-state index contributed by atoms with van der Waals surface area (Å²) in [5.41, 5.74) is 7.63. The van der Waals surface area contributed by atoms with Crippen molar-refractivity contribution >= 4 is 5.91 Å². The summed E-state index contributed by atoms with van der Waals surface area (Å²) in [7, 11) is 0. The van der Waals surface area contributed by atoms with Crippen LogP contribution in [0.25, 0.3) is 0 Å². The minimum absolute atomic E-state index is 0.0272. The summed E-state index contributed by atoms with van der Waals surface area (Å²) < 4.78 is 5.54. The van der Waals surface area contributed by atoms with Gasteiger partial charge in [0, 0.05) is 13.1 Å². The van der Waals surface area contributed by atoms with E-state index < -0.39 is 12.2 Å². The average molecular weight is 320 g/mol. The van der Waals surface area contributed by atoms with Gasteiger partial charge < -0.3 is 20.9 Å². The number of carbonyl (C=O) groups excluding carboxylic acids is 1. The summed E-state index contributed by atoms with van der Waals surface area (Å²) in [4.78, 5) is 12.0. The highest BCUT2D eigenvalue weighted by atomic mass is 16.5. The summed E-state index contributed by atoms with van der Waals surface area (Å²) >= 11 is 0. The van der Waals surface area contributed by atoms with Crippen molar-refractivity contribution in [2.24, 2.45) is 5.73 Å². The van der Waals surface area contributed by atoms with Crippen LogP contribution >= 0.6 is 0 Å². The predicted octanol–water partition coefficient (Wildman–Crippen LogP) is 1.64. The Bertz CT molecular complexity index is 522. The van der Waals surface area contributed by atoms with Crippen LogP contribution in [0.2, 0.25) is 0 Å². The Labute approximate surface area is 138 Å². The Morgan fingerprint density at radius 2 is 2.00 bits per heavy atom. The lowest BCUT2D eigenvalue weighted by atomic mass is 9.86. The van der Waals surface area contributed by atoms with E-state index in [1.165, 1.54) is 5.56 Å². The minimum atomic E-state index is -0.723. The number of carbonyl (C=O) groups is 1. The van der Waals surface area contributed by atoms with Crippen LogP contribution in [0.3, 0.4) is 0 Å². The predicted molar refractivity (Wildman–Crippen MR) is 90.1 cm³/mol. The maximum Gasteiger partial charge on any atom is 0.249 e. The highest BCUT2D eigenvalue weighted by Gasteiger charge is 2.29. The van der Waals surface area contributed by atoms with Crippen molar-refractivity contribution in [1.82, 2.24) is 5.32 Å². The number of aliphatic hydroxyl groups is 1. The second-order valence-corrected chi connectivity index (χ2v) is 7.19. The van der Waals surface area contributed by atoms with Gasteiger partial charge in [-0.2, -0.15) is 0 Å². The molecule has 1 aliphatic heterocycles. The molecule has 5 heteroatoms. The highest BCUT2D eigenvalue weighted by Crippen LogP contribution is 2.24. The molecule has 0 saturated carbocycles. The van der Waals surface area contributed by atoms with Gasteiger partial charge in [0.1, 0.15) is 6.10 Å². The van der Waals surface area contributed by atoms with Crippen molar-refractivity contribution in [2.45, 2.75) is 57.3 Å². The second kappa shape index (κ2) is 7.43. The molecule has 1 aromatic rings. The fourth-order valence-electron chi connectivity index (χ4n) is 2.71. The quantitative estimate of drug-likeness (QED) is 0.770. The third kappa shape index (κ3) is 4.77. The highest BCUT2D eigenvalue weighted by molar-refractivity contribution is 5.81. The fraction of sp³-hybridized carbons (Fsp3) is 0.611. The number of ether oxygens (including phenoxy) is 1. The van der Waals surface area contributed by atoms with Gasteiger partial charge in [0.2, 0.25) is 5.91 Å². The molecule has 1 saturated heterocycles. The lowest BCUT2D eigenvalue weighted by Gasteiger charge is -2.20. The summed E-state index contributed by atoms with van der Waals surface area (Å²) in [6.07, 6.45) is 0.300. The summed E-state index contributed by atoms with van der Waals surface area (Å²) in [5, 5.41) is 13.0. The SMILES string of the molecule is CC(C)(C)c1ccc(C(O)CNC(=O)[C@@H]2CC[C@H](CN)O2)cc1. The molecule has 0 aromatic heterocycles. The molecule has 0 bridgehead atoms. The number of benzene rings is 1. The molecular formula is C18H28N2O3. The van der Waals surface area contributed by atoms with E-state index >= 15 is 0 Å². The first-order valence-electron chi connectivity index (χ1n) is 8.23. The molecular weight excluding hydrogens is 292 g/mol. The van der Waals surface area contributed by atoms with Crippen molar-refractivity contribution in [2.75, 3.05) is 13.1 Å². The number of nitrogens with two attached hydrogens (primary N) is 1. The minimum Gasteiger partial charge on any atom is -0.387 e. The summed E-state index contributed by atoms with van der Waals surface area (Å²) in [5.74, 6) is -0.175. The molecule has 1 fully saturated rings. The Balaban J connectivity index is 1.85. The zero-order chi connectivity index (χ0) is 17.0. The van der Waals surface area contributed by atoms with Gasteiger partial charge >= 0.3 is 0 Å². The van der Waals surface area contributed by atoms with E-state index in [9.17, 15) is 9.90 Å². The van der Waals surface area contributed by atoms with E-state index in [4.69, 9.17) is 10.5 Å². The molecule has 0 radical (unpaired) electrons. The monoisotopic (exact) mass is 320 g/mol. The third-order valence-corrected chi connectivity index (χ3v) is 4.29. The van der Waals surface area contributed by atoms with Crippen molar-refractivity contribution in [3.8, 4) is 0 Å². The van der Waals surface area contributed by atoms with E-state index in [2.05, 4.69) is 26.1 Å². The molecule has 5 nitrogen and oxygen atoms in total. The molecule has 23 heavy (non-hydrogen) atoms. The molecule has 1 amide bonds. The molecule has 0 spiro atoms. The van der Waals surface area contributed by atoms with E-state index in [1.807, 2.05) is 24.3 Å². The van der Waals surface area contributed by atoms with Gasteiger partial charge in [0.05, 0.1) is 12.2 Å². The van der Waals surface area contributed by atoms with Crippen LogP contribution < -0.4 is 11.1 Å². The second-order valence-electron chi connectivity index (χ2n) is 7.19. The smallest absolute Gasteiger partial charge is 0.249 e. The van der Waals surface area contributed by atoms with Crippen molar-refractivity contribution in [3.63, 3.8) is 0 Å². The fourth-order valence-corrected chi connectivity index (χ4v) is 2.71. The van der Waals surface area contributed by atoms with Crippen molar-refractivity contribution in [3.05, 3.63) is 35.4 Å². The molecule has 1 heterocycles. The van der Waals surface area contributed by atoms with Crippen LogP contribution in [-0.2, 0) is 14.9 Å². The van der Waals surface area contributed by atoms with E-state index in [1.54, 1.807) is 0 Å². The van der Waals surface area contributed by atoms with Crippen LogP contribution in [0.4, 0.5) is 0 Å². The standard InChI is InChI=1S/C18H28N2O3/c1-18(2,3)13-6-4-12(5-7-13)15(21)11-20-17(22)16-9-8-14(10-19)23-16/h4-7,14-16,21H,8-11,19H2,1-3H3,(H,20,22)/t14-,15?,16+/m1/s1. The van der Waals surface area contributed by atoms with E-state index in [0.717, 1.165) is 12.0 Å². The molecule has 3 atom stereocenters. The lowest BCUT2D eigenvalue weighted by molar-refractivity contribution is -0.132. The van der Waals surface area contributed by atoms with Gasteiger partial charge in [0.15, 0.2) is 0 Å². The summed E-state index contributed by atoms with van der Waals surface area (Å²) in [6, 6.07) is 7.86. The van der Waals surface area contributed by atoms with Crippen LogP contribution in [-0.4, -0.2) is 36.3 Å². The Morgan fingerprint density at radius 1 is 1.35 bits per heavy atom. The molecule has 128 valence electrons. The Hall–Kier alpha value is -1.43. The van der Waals surface area contributed by atoms with Crippen LogP contribution in [0.15, 0.2) is 24.3 Å². The molecule has 4 N–H and O–H groups in total. The largest absolute Gasteiger partial charge is 0.387 e. The number of amides is 1. The van der Waals surface area contributed by atoms with E-state index in [-0.39, 0.29) is 24.0 Å². The number of rotatable bonds is 5. The zero-order valence-electron chi connectivity index (χ0n) is 14.2. The lowest BCUT2D eigenvalue weighted by Crippen LogP contribution is -2.37. The molecule has 2 rings (SSSR count). The first-order valence-corrected chi connectivity index (χ1v) is 8.23. The average Bonchev–Trinajstić information content (AvgIpc) is 3.00. The van der Waals surface area contributed by atoms with Crippen molar-refractivity contribution < 1.29 is 14.6 Å².